The molecule has 27 heavy (non-hydrogen) atoms. The average molecular weight is 405 g/mol. The van der Waals surface area contributed by atoms with E-state index >= 15 is 0 Å². The van der Waals surface area contributed by atoms with E-state index in [4.69, 9.17) is 20.8 Å². The molecule has 1 amide bonds. The molecule has 1 atom stereocenters. The van der Waals surface area contributed by atoms with Crippen LogP contribution in [0.5, 0.6) is 5.75 Å². The Bertz CT molecular complexity index is 900. The van der Waals surface area contributed by atoms with Crippen molar-refractivity contribution < 1.29 is 13.9 Å². The van der Waals surface area contributed by atoms with Crippen LogP contribution in [0.3, 0.4) is 0 Å². The summed E-state index contributed by atoms with van der Waals surface area (Å²) in [5.74, 6) is 1.48. The molecule has 7 nitrogen and oxygen atoms in total. The van der Waals surface area contributed by atoms with Crippen molar-refractivity contribution in [2.75, 3.05) is 12.4 Å². The number of anilines is 1. The molecule has 0 aliphatic carbocycles. The number of ether oxygens (including phenoxy) is 1. The number of methoxy groups -OCH3 is 1. The number of hydrogen-bond acceptors (Lipinski definition) is 7. The first-order chi connectivity index (χ1) is 13.0. The van der Waals surface area contributed by atoms with Crippen LogP contribution in [-0.2, 0) is 11.2 Å². The molecule has 0 saturated heterocycles. The fraction of sp³-hybridized carbons (Fsp3) is 0.222. The number of hydrogen-bond donors (Lipinski definition) is 1. The minimum Gasteiger partial charge on any atom is -0.497 e. The maximum absolute atomic E-state index is 12.3. The molecule has 0 aliphatic rings. The predicted octanol–water partition coefficient (Wildman–Crippen LogP) is 3.84. The molecule has 0 spiro atoms. The third kappa shape index (κ3) is 5.45. The second-order valence-corrected chi connectivity index (χ2v) is 7.33. The minimum absolute atomic E-state index is 0.218. The molecular weight excluding hydrogens is 388 g/mol. The smallest absolute Gasteiger partial charge is 0.277 e. The Labute approximate surface area is 165 Å². The maximum Gasteiger partial charge on any atom is 0.277 e. The van der Waals surface area contributed by atoms with Crippen molar-refractivity contribution in [1.29, 1.82) is 0 Å². The van der Waals surface area contributed by atoms with Crippen LogP contribution in [0.1, 0.15) is 18.4 Å². The van der Waals surface area contributed by atoms with Crippen molar-refractivity contribution >= 4 is 35.1 Å². The number of carbonyl (C=O) groups is 1. The first kappa shape index (κ1) is 19.2. The van der Waals surface area contributed by atoms with E-state index in [1.165, 1.54) is 18.0 Å². The van der Waals surface area contributed by atoms with Gasteiger partial charge in [0.05, 0.1) is 23.8 Å². The van der Waals surface area contributed by atoms with Crippen LogP contribution in [-0.4, -0.2) is 33.4 Å². The van der Waals surface area contributed by atoms with Gasteiger partial charge >= 0.3 is 0 Å². The van der Waals surface area contributed by atoms with Crippen LogP contribution in [0.15, 0.2) is 52.2 Å². The molecule has 1 aromatic carbocycles. The summed E-state index contributed by atoms with van der Waals surface area (Å²) < 4.78 is 10.8. The highest BCUT2D eigenvalue weighted by Gasteiger charge is 2.19. The van der Waals surface area contributed by atoms with Gasteiger partial charge in [0, 0.05) is 6.20 Å². The van der Waals surface area contributed by atoms with Crippen molar-refractivity contribution in [3.63, 3.8) is 0 Å². The Morgan fingerprint density at radius 1 is 1.26 bits per heavy atom. The van der Waals surface area contributed by atoms with Gasteiger partial charge in [-0.2, -0.15) is 0 Å². The SMILES string of the molecule is COc1ccc(Cc2nnc(S[C@@H](C)C(=O)Nc3ccc(Cl)cn3)o2)cc1. The second-order valence-electron chi connectivity index (χ2n) is 5.60. The number of benzene rings is 1. The molecule has 2 aromatic heterocycles. The molecular formula is C18H17ClN4O3S. The second kappa shape index (κ2) is 8.88. The van der Waals surface area contributed by atoms with Crippen molar-refractivity contribution in [3.05, 3.63) is 59.1 Å². The van der Waals surface area contributed by atoms with Crippen LogP contribution < -0.4 is 10.1 Å². The maximum atomic E-state index is 12.3. The van der Waals surface area contributed by atoms with Crippen molar-refractivity contribution in [3.8, 4) is 5.75 Å². The number of pyridine rings is 1. The lowest BCUT2D eigenvalue weighted by Gasteiger charge is -2.09. The Balaban J connectivity index is 1.55. The number of nitrogens with one attached hydrogen (secondary N) is 1. The number of thioether (sulfide) groups is 1. The third-order valence-electron chi connectivity index (χ3n) is 3.59. The fourth-order valence-electron chi connectivity index (χ4n) is 2.16. The molecule has 3 aromatic rings. The number of nitrogens with zero attached hydrogens (tertiary/aromatic N) is 3. The van der Waals surface area contributed by atoms with Crippen LogP contribution in [0, 0.1) is 0 Å². The first-order valence-corrected chi connectivity index (χ1v) is 9.33. The summed E-state index contributed by atoms with van der Waals surface area (Å²) in [6, 6.07) is 10.9. The summed E-state index contributed by atoms with van der Waals surface area (Å²) in [6.07, 6.45) is 1.98. The molecule has 0 saturated carbocycles. The van der Waals surface area contributed by atoms with E-state index < -0.39 is 5.25 Å². The highest BCUT2D eigenvalue weighted by Crippen LogP contribution is 2.24. The topological polar surface area (TPSA) is 90.1 Å². The summed E-state index contributed by atoms with van der Waals surface area (Å²) in [5, 5.41) is 11.2. The summed E-state index contributed by atoms with van der Waals surface area (Å²) in [5.41, 5.74) is 1.02. The molecule has 9 heteroatoms. The number of halogens is 1. The van der Waals surface area contributed by atoms with E-state index in [9.17, 15) is 4.79 Å². The Morgan fingerprint density at radius 3 is 2.70 bits per heavy atom. The van der Waals surface area contributed by atoms with E-state index in [2.05, 4.69) is 20.5 Å². The summed E-state index contributed by atoms with van der Waals surface area (Å²) in [6.45, 7) is 1.75. The molecule has 1 N–H and O–H groups in total. The van der Waals surface area contributed by atoms with Gasteiger partial charge in [0.2, 0.25) is 11.8 Å². The van der Waals surface area contributed by atoms with E-state index in [1.54, 1.807) is 26.2 Å². The van der Waals surface area contributed by atoms with Crippen LogP contribution >= 0.6 is 23.4 Å². The van der Waals surface area contributed by atoms with Gasteiger partial charge in [0.25, 0.3) is 5.22 Å². The van der Waals surface area contributed by atoms with Gasteiger partial charge < -0.3 is 14.5 Å². The third-order valence-corrected chi connectivity index (χ3v) is 4.75. The zero-order valence-electron chi connectivity index (χ0n) is 14.7. The Morgan fingerprint density at radius 2 is 2.04 bits per heavy atom. The summed E-state index contributed by atoms with van der Waals surface area (Å²) in [4.78, 5) is 16.3. The van der Waals surface area contributed by atoms with Crippen molar-refractivity contribution in [2.24, 2.45) is 0 Å². The molecule has 2 heterocycles. The van der Waals surface area contributed by atoms with Gasteiger partial charge in [-0.15, -0.1) is 10.2 Å². The fourth-order valence-corrected chi connectivity index (χ4v) is 2.97. The molecule has 0 radical (unpaired) electrons. The summed E-state index contributed by atoms with van der Waals surface area (Å²) >= 11 is 6.97. The van der Waals surface area contributed by atoms with Gasteiger partial charge in [-0.05, 0) is 36.8 Å². The normalized spacial score (nSPS) is 11.8. The monoisotopic (exact) mass is 404 g/mol. The molecule has 3 rings (SSSR count). The van der Waals surface area contributed by atoms with Crippen molar-refractivity contribution in [1.82, 2.24) is 15.2 Å². The van der Waals surface area contributed by atoms with Gasteiger partial charge in [-0.3, -0.25) is 4.79 Å². The Kier molecular flexibility index (Phi) is 6.31. The zero-order chi connectivity index (χ0) is 19.2. The van der Waals surface area contributed by atoms with Crippen LogP contribution in [0.25, 0.3) is 0 Å². The number of aromatic nitrogens is 3. The van der Waals surface area contributed by atoms with Gasteiger partial charge in [-0.25, -0.2) is 4.98 Å². The Hall–Kier alpha value is -2.58. The van der Waals surface area contributed by atoms with Gasteiger partial charge in [0.15, 0.2) is 0 Å². The molecule has 0 aliphatic heterocycles. The first-order valence-electron chi connectivity index (χ1n) is 8.08. The van der Waals surface area contributed by atoms with Crippen LogP contribution in [0.2, 0.25) is 5.02 Å². The number of rotatable bonds is 7. The van der Waals surface area contributed by atoms with Gasteiger partial charge in [-0.1, -0.05) is 35.5 Å². The summed E-state index contributed by atoms with van der Waals surface area (Å²) in [7, 11) is 1.62. The lowest BCUT2D eigenvalue weighted by atomic mass is 10.1. The zero-order valence-corrected chi connectivity index (χ0v) is 16.3. The van der Waals surface area contributed by atoms with Crippen molar-refractivity contribution in [2.45, 2.75) is 23.8 Å². The standard InChI is InChI=1S/C18H17ClN4O3S/c1-11(17(24)21-15-8-5-13(19)10-20-15)27-18-23-22-16(26-18)9-12-3-6-14(25-2)7-4-12/h3-8,10-11H,9H2,1-2H3,(H,20,21,24)/t11-/m0/s1. The van der Waals surface area contributed by atoms with E-state index in [-0.39, 0.29) is 5.91 Å². The highest BCUT2D eigenvalue weighted by atomic mass is 35.5. The predicted molar refractivity (Wildman–Crippen MR) is 103 cm³/mol. The average Bonchev–Trinajstić information content (AvgIpc) is 3.11. The van der Waals surface area contributed by atoms with Crippen LogP contribution in [0.4, 0.5) is 5.82 Å². The van der Waals surface area contributed by atoms with E-state index in [0.29, 0.717) is 28.4 Å². The van der Waals surface area contributed by atoms with E-state index in [1.807, 2.05) is 24.3 Å². The lowest BCUT2D eigenvalue weighted by Crippen LogP contribution is -2.22. The van der Waals surface area contributed by atoms with Gasteiger partial charge in [0.1, 0.15) is 11.6 Å². The minimum atomic E-state index is -0.434. The van der Waals surface area contributed by atoms with E-state index in [0.717, 1.165) is 11.3 Å². The lowest BCUT2D eigenvalue weighted by molar-refractivity contribution is -0.115. The quantitative estimate of drug-likeness (QED) is 0.598. The number of amides is 1. The molecule has 0 bridgehead atoms. The highest BCUT2D eigenvalue weighted by molar-refractivity contribution is 8.00. The molecule has 0 fully saturated rings. The molecule has 0 unspecified atom stereocenters. The number of carbonyl (C=O) groups excluding carboxylic acids is 1. The largest absolute Gasteiger partial charge is 0.497 e. The molecule has 140 valence electrons.